The van der Waals surface area contributed by atoms with Crippen LogP contribution in [0.2, 0.25) is 0 Å². The SMILES string of the molecule is BC1CCC(C(C)C)O1. The lowest BCUT2D eigenvalue weighted by Gasteiger charge is -2.14. The van der Waals surface area contributed by atoms with Gasteiger partial charge in [0.25, 0.3) is 0 Å². The summed E-state index contributed by atoms with van der Waals surface area (Å²) >= 11 is 0. The van der Waals surface area contributed by atoms with Gasteiger partial charge in [-0.05, 0) is 18.8 Å². The first kappa shape index (κ1) is 7.14. The highest BCUT2D eigenvalue weighted by Crippen LogP contribution is 2.22. The van der Waals surface area contributed by atoms with Gasteiger partial charge in [0.2, 0.25) is 0 Å². The van der Waals surface area contributed by atoms with Crippen molar-refractivity contribution in [3.63, 3.8) is 0 Å². The van der Waals surface area contributed by atoms with Crippen LogP contribution in [-0.4, -0.2) is 20.0 Å². The summed E-state index contributed by atoms with van der Waals surface area (Å²) in [5, 5.41) is 0. The van der Waals surface area contributed by atoms with Crippen molar-refractivity contribution in [2.75, 3.05) is 0 Å². The molecule has 52 valence electrons. The summed E-state index contributed by atoms with van der Waals surface area (Å²) in [6.07, 6.45) is 3.06. The van der Waals surface area contributed by atoms with Gasteiger partial charge in [-0.15, -0.1) is 0 Å². The van der Waals surface area contributed by atoms with Gasteiger partial charge in [-0.2, -0.15) is 0 Å². The van der Waals surface area contributed by atoms with E-state index in [-0.39, 0.29) is 0 Å². The van der Waals surface area contributed by atoms with Crippen LogP contribution in [0.3, 0.4) is 0 Å². The Morgan fingerprint density at radius 1 is 1.44 bits per heavy atom. The van der Waals surface area contributed by atoms with E-state index in [1.54, 1.807) is 0 Å². The van der Waals surface area contributed by atoms with Gasteiger partial charge in [0, 0.05) is 6.00 Å². The van der Waals surface area contributed by atoms with Crippen molar-refractivity contribution in [3.05, 3.63) is 0 Å². The van der Waals surface area contributed by atoms with Crippen LogP contribution in [0, 0.1) is 5.92 Å². The molecule has 0 saturated carbocycles. The minimum atomic E-state index is 0.511. The summed E-state index contributed by atoms with van der Waals surface area (Å²) in [4.78, 5) is 0. The number of ether oxygens (including phenoxy) is 1. The average molecular weight is 126 g/mol. The molecule has 0 aliphatic carbocycles. The third-order valence-electron chi connectivity index (χ3n) is 2.01. The van der Waals surface area contributed by atoms with Crippen molar-refractivity contribution in [3.8, 4) is 0 Å². The second-order valence-corrected chi connectivity index (χ2v) is 3.31. The highest BCUT2D eigenvalue weighted by Gasteiger charge is 2.23. The molecule has 2 heteroatoms. The quantitative estimate of drug-likeness (QED) is 0.471. The van der Waals surface area contributed by atoms with E-state index < -0.39 is 0 Å². The fourth-order valence-electron chi connectivity index (χ4n) is 1.32. The molecule has 0 bridgehead atoms. The van der Waals surface area contributed by atoms with Crippen molar-refractivity contribution < 1.29 is 4.74 Å². The van der Waals surface area contributed by atoms with Crippen molar-refractivity contribution in [1.82, 2.24) is 0 Å². The van der Waals surface area contributed by atoms with Gasteiger partial charge in [-0.3, -0.25) is 0 Å². The molecule has 0 aromatic carbocycles. The molecule has 1 saturated heterocycles. The Labute approximate surface area is 58.2 Å². The molecule has 1 aliphatic rings. The number of hydrogen-bond donors (Lipinski definition) is 0. The molecule has 0 aromatic heterocycles. The smallest absolute Gasteiger partial charge is 0.139 e. The molecule has 2 atom stereocenters. The molecule has 1 rings (SSSR count). The summed E-state index contributed by atoms with van der Waals surface area (Å²) in [5.41, 5.74) is 0. The Kier molecular flexibility index (Phi) is 2.17. The third-order valence-corrected chi connectivity index (χ3v) is 2.01. The fraction of sp³-hybridized carbons (Fsp3) is 1.00. The highest BCUT2D eigenvalue weighted by molar-refractivity contribution is 6.11. The van der Waals surface area contributed by atoms with Gasteiger partial charge >= 0.3 is 0 Å². The first-order valence-electron chi connectivity index (χ1n) is 3.85. The Balaban J connectivity index is 2.30. The maximum absolute atomic E-state index is 5.62. The van der Waals surface area contributed by atoms with E-state index in [1.165, 1.54) is 12.8 Å². The van der Waals surface area contributed by atoms with Crippen molar-refractivity contribution in [2.45, 2.75) is 38.8 Å². The molecule has 1 heterocycles. The van der Waals surface area contributed by atoms with E-state index in [2.05, 4.69) is 21.7 Å². The van der Waals surface area contributed by atoms with E-state index in [1.807, 2.05) is 0 Å². The molecule has 9 heavy (non-hydrogen) atoms. The molecule has 0 spiro atoms. The van der Waals surface area contributed by atoms with Gasteiger partial charge in [0.1, 0.15) is 7.85 Å². The van der Waals surface area contributed by atoms with Crippen LogP contribution in [0.25, 0.3) is 0 Å². The topological polar surface area (TPSA) is 9.23 Å². The number of rotatable bonds is 1. The lowest BCUT2D eigenvalue weighted by molar-refractivity contribution is 0.0564. The van der Waals surface area contributed by atoms with Gasteiger partial charge in [0.15, 0.2) is 0 Å². The zero-order valence-corrected chi connectivity index (χ0v) is 6.55. The van der Waals surface area contributed by atoms with Crippen LogP contribution in [-0.2, 0) is 4.74 Å². The molecule has 1 fully saturated rings. The summed E-state index contributed by atoms with van der Waals surface area (Å²) < 4.78 is 5.62. The standard InChI is InChI=1S/C7H15BO/c1-5(2)6-3-4-7(8)9-6/h5-7H,3-4,8H2,1-2H3. The van der Waals surface area contributed by atoms with Gasteiger partial charge in [-0.1, -0.05) is 13.8 Å². The number of hydrogen-bond acceptors (Lipinski definition) is 1. The highest BCUT2D eigenvalue weighted by atomic mass is 16.5. The van der Waals surface area contributed by atoms with E-state index in [0.717, 1.165) is 0 Å². The Bertz CT molecular complexity index is 92.9. The molecular weight excluding hydrogens is 111 g/mol. The van der Waals surface area contributed by atoms with E-state index in [4.69, 9.17) is 4.74 Å². The van der Waals surface area contributed by atoms with Crippen molar-refractivity contribution in [1.29, 1.82) is 0 Å². The normalized spacial score (nSPS) is 35.9. The molecule has 2 unspecified atom stereocenters. The molecule has 1 aliphatic heterocycles. The van der Waals surface area contributed by atoms with E-state index >= 15 is 0 Å². The van der Waals surface area contributed by atoms with E-state index in [9.17, 15) is 0 Å². The predicted molar refractivity (Wildman–Crippen MR) is 41.3 cm³/mol. The Morgan fingerprint density at radius 2 is 2.11 bits per heavy atom. The lowest BCUT2D eigenvalue weighted by atomic mass is 9.96. The minimum Gasteiger partial charge on any atom is -0.384 e. The second-order valence-electron chi connectivity index (χ2n) is 3.31. The molecule has 0 N–H and O–H groups in total. The largest absolute Gasteiger partial charge is 0.384 e. The van der Waals surface area contributed by atoms with Crippen LogP contribution >= 0.6 is 0 Å². The minimum absolute atomic E-state index is 0.511. The summed E-state index contributed by atoms with van der Waals surface area (Å²) in [6.45, 7) is 4.45. The zero-order chi connectivity index (χ0) is 6.85. The Hall–Kier alpha value is 0.0249. The van der Waals surface area contributed by atoms with E-state index in [0.29, 0.717) is 18.0 Å². The van der Waals surface area contributed by atoms with Crippen LogP contribution in [0.15, 0.2) is 0 Å². The van der Waals surface area contributed by atoms with Crippen LogP contribution in [0.1, 0.15) is 26.7 Å². The Morgan fingerprint density at radius 3 is 2.33 bits per heavy atom. The van der Waals surface area contributed by atoms with Crippen LogP contribution in [0.5, 0.6) is 0 Å². The maximum Gasteiger partial charge on any atom is 0.139 e. The van der Waals surface area contributed by atoms with Gasteiger partial charge < -0.3 is 4.74 Å². The first-order valence-corrected chi connectivity index (χ1v) is 3.85. The fourth-order valence-corrected chi connectivity index (χ4v) is 1.32. The summed E-state index contributed by atoms with van der Waals surface area (Å²) in [6, 6.07) is 0.511. The first-order chi connectivity index (χ1) is 4.20. The maximum atomic E-state index is 5.62. The molecule has 0 amide bonds. The van der Waals surface area contributed by atoms with Gasteiger partial charge in [0.05, 0.1) is 6.10 Å². The van der Waals surface area contributed by atoms with Crippen LogP contribution < -0.4 is 0 Å². The van der Waals surface area contributed by atoms with Crippen LogP contribution in [0.4, 0.5) is 0 Å². The molecular formula is C7H15BO. The predicted octanol–water partition coefficient (Wildman–Crippen LogP) is 0.781. The molecule has 0 aromatic rings. The lowest BCUT2D eigenvalue weighted by Crippen LogP contribution is -2.16. The summed E-state index contributed by atoms with van der Waals surface area (Å²) in [5.74, 6) is 0.704. The van der Waals surface area contributed by atoms with Crippen molar-refractivity contribution >= 4 is 7.85 Å². The zero-order valence-electron chi connectivity index (χ0n) is 6.55. The monoisotopic (exact) mass is 126 g/mol. The molecule has 0 radical (unpaired) electrons. The molecule has 1 nitrogen and oxygen atoms in total. The van der Waals surface area contributed by atoms with Crippen molar-refractivity contribution in [2.24, 2.45) is 5.92 Å². The second kappa shape index (κ2) is 2.74. The average Bonchev–Trinajstić information content (AvgIpc) is 2.14. The third kappa shape index (κ3) is 1.72. The summed E-state index contributed by atoms with van der Waals surface area (Å²) in [7, 11) is 2.16. The van der Waals surface area contributed by atoms with Gasteiger partial charge in [-0.25, -0.2) is 0 Å².